The molecule has 16 heavy (non-hydrogen) atoms. The summed E-state index contributed by atoms with van der Waals surface area (Å²) in [6, 6.07) is 6.18. The Morgan fingerprint density at radius 3 is 2.94 bits per heavy atom. The Bertz CT molecular complexity index is 487. The molecule has 0 atom stereocenters. The van der Waals surface area contributed by atoms with Crippen molar-refractivity contribution in [3.8, 4) is 0 Å². The highest BCUT2D eigenvalue weighted by molar-refractivity contribution is 7.13. The van der Waals surface area contributed by atoms with Crippen LogP contribution in [0.25, 0.3) is 0 Å². The van der Waals surface area contributed by atoms with E-state index >= 15 is 0 Å². The van der Waals surface area contributed by atoms with Gasteiger partial charge in [0, 0.05) is 0 Å². The first kappa shape index (κ1) is 10.7. The first-order valence-corrected chi connectivity index (χ1v) is 5.43. The lowest BCUT2D eigenvalue weighted by atomic mass is 10.1. The molecule has 2 rings (SSSR count). The van der Waals surface area contributed by atoms with Gasteiger partial charge in [-0.15, -0.1) is 10.2 Å². The lowest BCUT2D eigenvalue weighted by molar-refractivity contribution is -0.115. The zero-order chi connectivity index (χ0) is 11.4. The molecule has 1 N–H and O–H groups in total. The molecule has 0 unspecified atom stereocenters. The number of hydrogen-bond donors (Lipinski definition) is 1. The standard InChI is InChI=1S/C10H8FN3OS/c11-8-4-2-1-3-7(8)5-9(15)13-10-14-12-6-16-10/h1-4,6H,5H2,(H,13,14,15). The molecule has 0 aliphatic heterocycles. The number of hydrogen-bond acceptors (Lipinski definition) is 4. The average molecular weight is 237 g/mol. The Morgan fingerprint density at radius 2 is 2.25 bits per heavy atom. The summed E-state index contributed by atoms with van der Waals surface area (Å²) < 4.78 is 13.2. The first-order chi connectivity index (χ1) is 7.75. The number of anilines is 1. The number of halogens is 1. The summed E-state index contributed by atoms with van der Waals surface area (Å²) in [7, 11) is 0. The molecule has 1 aromatic carbocycles. The molecular weight excluding hydrogens is 229 g/mol. The van der Waals surface area contributed by atoms with Crippen LogP contribution >= 0.6 is 11.3 Å². The van der Waals surface area contributed by atoms with E-state index in [1.165, 1.54) is 22.9 Å². The largest absolute Gasteiger partial charge is 0.300 e. The van der Waals surface area contributed by atoms with Crippen LogP contribution in [0.2, 0.25) is 0 Å². The molecular formula is C10H8FN3OS. The van der Waals surface area contributed by atoms with Crippen LogP contribution < -0.4 is 5.32 Å². The maximum atomic E-state index is 13.2. The highest BCUT2D eigenvalue weighted by atomic mass is 32.1. The Balaban J connectivity index is 2.00. The minimum Gasteiger partial charge on any atom is -0.300 e. The number of benzene rings is 1. The molecule has 1 aromatic heterocycles. The normalized spacial score (nSPS) is 10.1. The summed E-state index contributed by atoms with van der Waals surface area (Å²) in [5.41, 5.74) is 1.88. The van der Waals surface area contributed by atoms with Crippen molar-refractivity contribution in [2.75, 3.05) is 5.32 Å². The van der Waals surface area contributed by atoms with Crippen LogP contribution in [0.4, 0.5) is 9.52 Å². The second kappa shape index (κ2) is 4.80. The van der Waals surface area contributed by atoms with Gasteiger partial charge in [0.15, 0.2) is 0 Å². The highest BCUT2D eigenvalue weighted by Gasteiger charge is 2.08. The van der Waals surface area contributed by atoms with Crippen molar-refractivity contribution in [1.29, 1.82) is 0 Å². The van der Waals surface area contributed by atoms with Gasteiger partial charge in [-0.3, -0.25) is 4.79 Å². The molecule has 1 heterocycles. The maximum absolute atomic E-state index is 13.2. The van der Waals surface area contributed by atoms with Crippen molar-refractivity contribution in [3.63, 3.8) is 0 Å². The van der Waals surface area contributed by atoms with Crippen LogP contribution in [0.15, 0.2) is 29.8 Å². The summed E-state index contributed by atoms with van der Waals surface area (Å²) in [6.07, 6.45) is -0.00769. The van der Waals surface area contributed by atoms with E-state index in [4.69, 9.17) is 0 Å². The van der Waals surface area contributed by atoms with Gasteiger partial charge in [0.25, 0.3) is 0 Å². The molecule has 82 valence electrons. The zero-order valence-electron chi connectivity index (χ0n) is 8.18. The number of nitrogens with one attached hydrogen (secondary N) is 1. The summed E-state index contributed by atoms with van der Waals surface area (Å²) in [5.74, 6) is -0.684. The van der Waals surface area contributed by atoms with Crippen molar-refractivity contribution in [3.05, 3.63) is 41.2 Å². The van der Waals surface area contributed by atoms with Crippen molar-refractivity contribution in [1.82, 2.24) is 10.2 Å². The average Bonchev–Trinajstić information content (AvgIpc) is 2.74. The number of carbonyl (C=O) groups is 1. The monoisotopic (exact) mass is 237 g/mol. The van der Waals surface area contributed by atoms with E-state index in [1.54, 1.807) is 18.2 Å². The van der Waals surface area contributed by atoms with Crippen LogP contribution in [-0.4, -0.2) is 16.1 Å². The van der Waals surface area contributed by atoms with Gasteiger partial charge >= 0.3 is 0 Å². The SMILES string of the molecule is O=C(Cc1ccccc1F)Nc1nncs1. The van der Waals surface area contributed by atoms with Crippen LogP contribution in [0.5, 0.6) is 0 Å². The van der Waals surface area contributed by atoms with Crippen LogP contribution in [0, 0.1) is 5.82 Å². The molecule has 0 spiro atoms. The molecule has 0 fully saturated rings. The van der Waals surface area contributed by atoms with E-state index in [0.717, 1.165) is 0 Å². The molecule has 0 aliphatic carbocycles. The highest BCUT2D eigenvalue weighted by Crippen LogP contribution is 2.11. The molecule has 0 aliphatic rings. The van der Waals surface area contributed by atoms with Crippen molar-refractivity contribution < 1.29 is 9.18 Å². The van der Waals surface area contributed by atoms with Crippen LogP contribution in [0.3, 0.4) is 0 Å². The third-order valence-corrected chi connectivity index (χ3v) is 2.52. The van der Waals surface area contributed by atoms with Gasteiger partial charge in [0.1, 0.15) is 11.3 Å². The fraction of sp³-hybridized carbons (Fsp3) is 0.100. The Hall–Kier alpha value is -1.82. The molecule has 4 nitrogen and oxygen atoms in total. The molecule has 0 radical (unpaired) electrons. The van der Waals surface area contributed by atoms with E-state index in [2.05, 4.69) is 15.5 Å². The first-order valence-electron chi connectivity index (χ1n) is 4.55. The van der Waals surface area contributed by atoms with Gasteiger partial charge in [-0.05, 0) is 11.6 Å². The molecule has 0 bridgehead atoms. The minimum absolute atomic E-state index is 0.00769. The van der Waals surface area contributed by atoms with E-state index < -0.39 is 0 Å². The summed E-state index contributed by atoms with van der Waals surface area (Å²) in [6.45, 7) is 0. The molecule has 2 aromatic rings. The van der Waals surface area contributed by atoms with Gasteiger partial charge in [-0.1, -0.05) is 29.5 Å². The van der Waals surface area contributed by atoms with Crippen molar-refractivity contribution in [2.45, 2.75) is 6.42 Å². The topological polar surface area (TPSA) is 54.9 Å². The van der Waals surface area contributed by atoms with E-state index in [9.17, 15) is 9.18 Å². The Labute approximate surface area is 95.1 Å². The van der Waals surface area contributed by atoms with Gasteiger partial charge in [-0.25, -0.2) is 4.39 Å². The predicted octanol–water partition coefficient (Wildman–Crippen LogP) is 1.86. The van der Waals surface area contributed by atoms with Crippen molar-refractivity contribution >= 4 is 22.4 Å². The van der Waals surface area contributed by atoms with Gasteiger partial charge < -0.3 is 5.32 Å². The number of amides is 1. The molecule has 0 saturated heterocycles. The fourth-order valence-electron chi connectivity index (χ4n) is 1.21. The zero-order valence-corrected chi connectivity index (χ0v) is 9.00. The van der Waals surface area contributed by atoms with E-state index in [-0.39, 0.29) is 18.1 Å². The lowest BCUT2D eigenvalue weighted by Crippen LogP contribution is -2.15. The number of aromatic nitrogens is 2. The number of rotatable bonds is 3. The lowest BCUT2D eigenvalue weighted by Gasteiger charge is -2.02. The van der Waals surface area contributed by atoms with Gasteiger partial charge in [0.2, 0.25) is 11.0 Å². The molecule has 0 saturated carbocycles. The fourth-order valence-corrected chi connectivity index (χ4v) is 1.67. The smallest absolute Gasteiger partial charge is 0.230 e. The number of nitrogens with zero attached hydrogens (tertiary/aromatic N) is 2. The van der Waals surface area contributed by atoms with Crippen LogP contribution in [0.1, 0.15) is 5.56 Å². The van der Waals surface area contributed by atoms with Gasteiger partial charge in [0.05, 0.1) is 6.42 Å². The third-order valence-electron chi connectivity index (χ3n) is 1.92. The van der Waals surface area contributed by atoms with Crippen molar-refractivity contribution in [2.24, 2.45) is 0 Å². The molecule has 6 heteroatoms. The number of carbonyl (C=O) groups excluding carboxylic acids is 1. The molecule has 1 amide bonds. The Kier molecular flexibility index (Phi) is 3.21. The van der Waals surface area contributed by atoms with Gasteiger partial charge in [-0.2, -0.15) is 0 Å². The maximum Gasteiger partial charge on any atom is 0.230 e. The quantitative estimate of drug-likeness (QED) is 0.886. The summed E-state index contributed by atoms with van der Waals surface area (Å²) in [5, 5.41) is 10.2. The van der Waals surface area contributed by atoms with E-state index in [0.29, 0.717) is 10.7 Å². The summed E-state index contributed by atoms with van der Waals surface area (Å²) >= 11 is 1.22. The Morgan fingerprint density at radius 1 is 1.44 bits per heavy atom. The van der Waals surface area contributed by atoms with E-state index in [1.807, 2.05) is 0 Å². The van der Waals surface area contributed by atoms with Crippen LogP contribution in [-0.2, 0) is 11.2 Å². The summed E-state index contributed by atoms with van der Waals surface area (Å²) in [4.78, 5) is 11.5. The minimum atomic E-state index is -0.380. The second-order valence-electron chi connectivity index (χ2n) is 3.06. The second-order valence-corrected chi connectivity index (χ2v) is 3.89. The third kappa shape index (κ3) is 2.60. The predicted molar refractivity (Wildman–Crippen MR) is 58.6 cm³/mol.